The van der Waals surface area contributed by atoms with Crippen LogP contribution in [0.4, 0.5) is 0 Å². The Hall–Kier alpha value is -2.15. The first-order valence-electron chi connectivity index (χ1n) is 8.27. The van der Waals surface area contributed by atoms with Gasteiger partial charge in [-0.05, 0) is 38.1 Å². The van der Waals surface area contributed by atoms with Crippen LogP contribution in [0.5, 0.6) is 5.75 Å². The quantitative estimate of drug-likeness (QED) is 0.703. The van der Waals surface area contributed by atoms with Crippen LogP contribution >= 0.6 is 0 Å². The summed E-state index contributed by atoms with van der Waals surface area (Å²) >= 11 is 0. The van der Waals surface area contributed by atoms with Gasteiger partial charge in [-0.15, -0.1) is 0 Å². The molecule has 0 aliphatic carbocycles. The molecular formula is C17H26N4O3. The Labute approximate surface area is 142 Å². The number of nitrogens with zero attached hydrogens (tertiary/aromatic N) is 1. The van der Waals surface area contributed by atoms with Gasteiger partial charge in [-0.1, -0.05) is 13.8 Å². The number of nitrogens with one attached hydrogen (secondary N) is 2. The Morgan fingerprint density at radius 2 is 2.00 bits per heavy atom. The molecule has 1 aliphatic rings. The molecular weight excluding hydrogens is 308 g/mol. The second-order valence-corrected chi connectivity index (χ2v) is 6.58. The minimum Gasteiger partial charge on any atom is -0.476 e. The van der Waals surface area contributed by atoms with Crippen molar-refractivity contribution >= 4 is 11.8 Å². The molecule has 4 N–H and O–H groups in total. The molecule has 0 bridgehead atoms. The van der Waals surface area contributed by atoms with E-state index in [4.69, 9.17) is 10.5 Å². The van der Waals surface area contributed by atoms with E-state index < -0.39 is 17.6 Å². The SMILES string of the molecule is Cc1ccc(OC2(C(=O)N[C@@H](C(N)=O)C(C)C)CCNCC2)cn1. The summed E-state index contributed by atoms with van der Waals surface area (Å²) in [6.45, 7) is 6.90. The topological polar surface area (TPSA) is 106 Å². The highest BCUT2D eigenvalue weighted by atomic mass is 16.5. The van der Waals surface area contributed by atoms with E-state index in [0.29, 0.717) is 31.7 Å². The number of rotatable bonds is 6. The zero-order chi connectivity index (χ0) is 17.7. The smallest absolute Gasteiger partial charge is 0.264 e. The summed E-state index contributed by atoms with van der Waals surface area (Å²) in [4.78, 5) is 28.7. The Kier molecular flexibility index (Phi) is 5.77. The second kappa shape index (κ2) is 7.61. The molecule has 132 valence electrons. The predicted molar refractivity (Wildman–Crippen MR) is 90.4 cm³/mol. The van der Waals surface area contributed by atoms with Gasteiger partial charge in [0.15, 0.2) is 5.60 Å². The molecule has 1 aromatic heterocycles. The van der Waals surface area contributed by atoms with E-state index in [2.05, 4.69) is 15.6 Å². The molecule has 1 atom stereocenters. The number of hydrogen-bond acceptors (Lipinski definition) is 5. The number of carbonyl (C=O) groups excluding carboxylic acids is 2. The molecule has 2 heterocycles. The number of aromatic nitrogens is 1. The Morgan fingerprint density at radius 3 is 2.50 bits per heavy atom. The molecule has 1 aliphatic heterocycles. The lowest BCUT2D eigenvalue weighted by atomic mass is 9.90. The molecule has 0 saturated carbocycles. The van der Waals surface area contributed by atoms with Crippen LogP contribution in [0.3, 0.4) is 0 Å². The van der Waals surface area contributed by atoms with E-state index >= 15 is 0 Å². The molecule has 1 saturated heterocycles. The van der Waals surface area contributed by atoms with Crippen molar-refractivity contribution in [2.75, 3.05) is 13.1 Å². The summed E-state index contributed by atoms with van der Waals surface area (Å²) in [5, 5.41) is 5.99. The van der Waals surface area contributed by atoms with Crippen LogP contribution in [0.2, 0.25) is 0 Å². The average molecular weight is 334 g/mol. The summed E-state index contributed by atoms with van der Waals surface area (Å²) in [6, 6.07) is 2.92. The maximum atomic E-state index is 12.9. The summed E-state index contributed by atoms with van der Waals surface area (Å²) in [5.41, 5.74) is 5.26. The first-order valence-corrected chi connectivity index (χ1v) is 8.27. The van der Waals surface area contributed by atoms with Crippen LogP contribution in [0.1, 0.15) is 32.4 Å². The van der Waals surface area contributed by atoms with E-state index in [1.54, 1.807) is 12.3 Å². The van der Waals surface area contributed by atoms with Crippen molar-refractivity contribution in [2.45, 2.75) is 45.3 Å². The fourth-order valence-electron chi connectivity index (χ4n) is 2.79. The van der Waals surface area contributed by atoms with Crippen LogP contribution in [0, 0.1) is 12.8 Å². The molecule has 2 amide bonds. The molecule has 0 spiro atoms. The van der Waals surface area contributed by atoms with Crippen molar-refractivity contribution in [1.29, 1.82) is 0 Å². The van der Waals surface area contributed by atoms with Gasteiger partial charge in [0, 0.05) is 18.5 Å². The van der Waals surface area contributed by atoms with Crippen LogP contribution in [0.15, 0.2) is 18.3 Å². The highest BCUT2D eigenvalue weighted by molar-refractivity contribution is 5.91. The van der Waals surface area contributed by atoms with Crippen molar-refractivity contribution in [3.63, 3.8) is 0 Å². The van der Waals surface area contributed by atoms with Gasteiger partial charge in [0.1, 0.15) is 11.8 Å². The number of ether oxygens (including phenoxy) is 1. The Bertz CT molecular complexity index is 580. The minimum atomic E-state index is -1.02. The summed E-state index contributed by atoms with van der Waals surface area (Å²) in [5.74, 6) is -0.398. The first kappa shape index (κ1) is 18.2. The third kappa shape index (κ3) is 4.23. The van der Waals surface area contributed by atoms with Crippen LogP contribution < -0.4 is 21.1 Å². The summed E-state index contributed by atoms with van der Waals surface area (Å²) < 4.78 is 6.05. The number of primary amides is 1. The first-order chi connectivity index (χ1) is 11.3. The number of nitrogens with two attached hydrogens (primary N) is 1. The summed E-state index contributed by atoms with van der Waals surface area (Å²) in [7, 11) is 0. The van der Waals surface area contributed by atoms with Gasteiger partial charge in [-0.2, -0.15) is 0 Å². The summed E-state index contributed by atoms with van der Waals surface area (Å²) in [6.07, 6.45) is 2.63. The number of pyridine rings is 1. The zero-order valence-corrected chi connectivity index (χ0v) is 14.5. The number of piperidine rings is 1. The van der Waals surface area contributed by atoms with Crippen LogP contribution in [-0.2, 0) is 9.59 Å². The third-order valence-electron chi connectivity index (χ3n) is 4.28. The highest BCUT2D eigenvalue weighted by Gasteiger charge is 2.43. The minimum absolute atomic E-state index is 0.0914. The average Bonchev–Trinajstić information content (AvgIpc) is 2.54. The van der Waals surface area contributed by atoms with Crippen molar-refractivity contribution < 1.29 is 14.3 Å². The second-order valence-electron chi connectivity index (χ2n) is 6.58. The molecule has 1 fully saturated rings. The maximum absolute atomic E-state index is 12.9. The van der Waals surface area contributed by atoms with Gasteiger partial charge in [0.2, 0.25) is 5.91 Å². The fourth-order valence-corrected chi connectivity index (χ4v) is 2.79. The van der Waals surface area contributed by atoms with Gasteiger partial charge < -0.3 is 21.1 Å². The van der Waals surface area contributed by atoms with Gasteiger partial charge in [0.05, 0.1) is 6.20 Å². The molecule has 24 heavy (non-hydrogen) atoms. The van der Waals surface area contributed by atoms with Gasteiger partial charge in [0.25, 0.3) is 5.91 Å². The lowest BCUT2D eigenvalue weighted by Crippen LogP contribution is -2.60. The fraction of sp³-hybridized carbons (Fsp3) is 0.588. The van der Waals surface area contributed by atoms with Crippen LogP contribution in [-0.4, -0.2) is 41.5 Å². The normalized spacial score (nSPS) is 18.0. The number of amides is 2. The van der Waals surface area contributed by atoms with Gasteiger partial charge in [-0.25, -0.2) is 0 Å². The lowest BCUT2D eigenvalue weighted by molar-refractivity contribution is -0.142. The van der Waals surface area contributed by atoms with Crippen molar-refractivity contribution in [3.8, 4) is 5.75 Å². The molecule has 7 heteroatoms. The highest BCUT2D eigenvalue weighted by Crippen LogP contribution is 2.27. The Balaban J connectivity index is 2.21. The third-order valence-corrected chi connectivity index (χ3v) is 4.28. The monoisotopic (exact) mass is 334 g/mol. The largest absolute Gasteiger partial charge is 0.476 e. The molecule has 0 aromatic carbocycles. The number of carbonyl (C=O) groups is 2. The van der Waals surface area contributed by atoms with Crippen LogP contribution in [0.25, 0.3) is 0 Å². The lowest BCUT2D eigenvalue weighted by Gasteiger charge is -2.37. The zero-order valence-electron chi connectivity index (χ0n) is 14.5. The van der Waals surface area contributed by atoms with Gasteiger partial charge >= 0.3 is 0 Å². The number of hydrogen-bond donors (Lipinski definition) is 3. The molecule has 0 radical (unpaired) electrons. The van der Waals surface area contributed by atoms with E-state index in [-0.39, 0.29) is 11.8 Å². The van der Waals surface area contributed by atoms with E-state index in [1.807, 2.05) is 26.8 Å². The van der Waals surface area contributed by atoms with E-state index in [9.17, 15) is 9.59 Å². The van der Waals surface area contributed by atoms with E-state index in [0.717, 1.165) is 5.69 Å². The Morgan fingerprint density at radius 1 is 1.33 bits per heavy atom. The molecule has 0 unspecified atom stereocenters. The van der Waals surface area contributed by atoms with Crippen molar-refractivity contribution in [3.05, 3.63) is 24.0 Å². The van der Waals surface area contributed by atoms with Crippen molar-refractivity contribution in [1.82, 2.24) is 15.6 Å². The van der Waals surface area contributed by atoms with Gasteiger partial charge in [-0.3, -0.25) is 14.6 Å². The molecule has 1 aromatic rings. The number of aryl methyl sites for hydroxylation is 1. The molecule has 2 rings (SSSR count). The standard InChI is InChI=1S/C17H26N4O3/c1-11(2)14(15(18)22)21-16(23)17(6-8-19-9-7-17)24-13-5-4-12(3)20-10-13/h4-5,10-11,14,19H,6-9H2,1-3H3,(H2,18,22)(H,21,23)/t14-/m1/s1. The predicted octanol–water partition coefficient (Wildman–Crippen LogP) is 0.517. The maximum Gasteiger partial charge on any atom is 0.264 e. The van der Waals surface area contributed by atoms with E-state index in [1.165, 1.54) is 0 Å². The van der Waals surface area contributed by atoms with Crippen molar-refractivity contribution in [2.24, 2.45) is 11.7 Å². The molecule has 7 nitrogen and oxygen atoms in total.